The molecule has 1 aromatic carbocycles. The Morgan fingerprint density at radius 1 is 1.07 bits per heavy atom. The maximum Gasteiger partial charge on any atom is 0.140 e. The zero-order chi connectivity index (χ0) is 17.6. The molecule has 2 aromatic rings. The van der Waals surface area contributed by atoms with Crippen molar-refractivity contribution in [1.29, 1.82) is 5.26 Å². The molecule has 0 bridgehead atoms. The summed E-state index contributed by atoms with van der Waals surface area (Å²) in [6.07, 6.45) is 11.0. The SMILES string of the molecule is Cl.Cl.N#Cc1ccc(-c2ccc3c(c2)CC[C@H]3N2CC3(CCCCC3)N2)cn1. The number of aromatic nitrogens is 1. The van der Waals surface area contributed by atoms with Crippen LogP contribution in [0, 0.1) is 11.3 Å². The maximum atomic E-state index is 8.90. The van der Waals surface area contributed by atoms with Crippen LogP contribution < -0.4 is 5.43 Å². The first-order valence-electron chi connectivity index (χ1n) is 9.80. The minimum atomic E-state index is 0. The first-order valence-corrected chi connectivity index (χ1v) is 9.80. The summed E-state index contributed by atoms with van der Waals surface area (Å²) in [6, 6.07) is 13.2. The predicted molar refractivity (Wildman–Crippen MR) is 116 cm³/mol. The Morgan fingerprint density at radius 2 is 1.82 bits per heavy atom. The van der Waals surface area contributed by atoms with Gasteiger partial charge in [-0.3, -0.25) is 0 Å². The summed E-state index contributed by atoms with van der Waals surface area (Å²) >= 11 is 0. The Balaban J connectivity index is 0.00000112. The molecule has 1 saturated heterocycles. The van der Waals surface area contributed by atoms with Gasteiger partial charge in [0.1, 0.15) is 11.8 Å². The van der Waals surface area contributed by atoms with Gasteiger partial charge in [-0.05, 0) is 54.5 Å². The number of halogens is 2. The fourth-order valence-corrected chi connectivity index (χ4v) is 5.03. The highest BCUT2D eigenvalue weighted by molar-refractivity contribution is 5.85. The minimum Gasteiger partial charge on any atom is -0.247 e. The molecule has 2 heterocycles. The van der Waals surface area contributed by atoms with Gasteiger partial charge >= 0.3 is 0 Å². The summed E-state index contributed by atoms with van der Waals surface area (Å²) in [7, 11) is 0. The number of nitrogens with one attached hydrogen (secondary N) is 1. The number of hydrazine groups is 1. The third-order valence-corrected chi connectivity index (χ3v) is 6.44. The van der Waals surface area contributed by atoms with Crippen molar-refractivity contribution in [2.24, 2.45) is 0 Å². The Kier molecular flexibility index (Phi) is 6.31. The van der Waals surface area contributed by atoms with Gasteiger partial charge in [-0.1, -0.05) is 37.5 Å². The first-order chi connectivity index (χ1) is 12.8. The molecule has 148 valence electrons. The highest BCUT2D eigenvalue weighted by Crippen LogP contribution is 2.43. The zero-order valence-electron chi connectivity index (χ0n) is 15.9. The Hall–Kier alpha value is -1.64. The quantitative estimate of drug-likeness (QED) is 0.749. The lowest BCUT2D eigenvalue weighted by Crippen LogP contribution is -2.72. The number of fused-ring (bicyclic) bond motifs is 1. The molecule has 6 heteroatoms. The third kappa shape index (κ3) is 3.65. The molecule has 1 N–H and O–H groups in total. The van der Waals surface area contributed by atoms with E-state index in [-0.39, 0.29) is 24.8 Å². The Bertz CT molecular complexity index is 861. The van der Waals surface area contributed by atoms with Gasteiger partial charge in [0.2, 0.25) is 0 Å². The van der Waals surface area contributed by atoms with Crippen molar-refractivity contribution in [2.75, 3.05) is 6.54 Å². The van der Waals surface area contributed by atoms with Crippen LogP contribution in [0.3, 0.4) is 0 Å². The van der Waals surface area contributed by atoms with Gasteiger partial charge in [0.25, 0.3) is 0 Å². The minimum absolute atomic E-state index is 0. The number of hydrogen-bond acceptors (Lipinski definition) is 4. The monoisotopic (exact) mass is 416 g/mol. The molecule has 1 spiro atoms. The van der Waals surface area contributed by atoms with Crippen LogP contribution in [0.4, 0.5) is 0 Å². The zero-order valence-corrected chi connectivity index (χ0v) is 17.5. The van der Waals surface area contributed by atoms with Crippen LogP contribution in [0.1, 0.15) is 61.4 Å². The smallest absolute Gasteiger partial charge is 0.140 e. The van der Waals surface area contributed by atoms with Gasteiger partial charge in [0.05, 0.1) is 0 Å². The number of pyridine rings is 1. The standard InChI is InChI=1S/C22H24N4.2ClH/c23-13-19-7-4-18(14-24-19)16-5-8-20-17(12-16)6-9-21(20)26-15-22(25-26)10-2-1-3-11-22;;/h4-5,7-8,12,14,21,25H,1-3,6,9-11,15H2;2*1H/t21-;;/m1../s1. The van der Waals surface area contributed by atoms with Gasteiger partial charge in [0, 0.05) is 29.9 Å². The van der Waals surface area contributed by atoms with Crippen LogP contribution in [0.25, 0.3) is 11.1 Å². The van der Waals surface area contributed by atoms with E-state index in [1.165, 1.54) is 61.8 Å². The molecule has 2 fully saturated rings. The van der Waals surface area contributed by atoms with Gasteiger partial charge in [0.15, 0.2) is 0 Å². The van der Waals surface area contributed by atoms with Crippen LogP contribution in [0.5, 0.6) is 0 Å². The van der Waals surface area contributed by atoms with E-state index in [9.17, 15) is 0 Å². The fourth-order valence-electron chi connectivity index (χ4n) is 5.03. The third-order valence-electron chi connectivity index (χ3n) is 6.44. The highest BCUT2D eigenvalue weighted by atomic mass is 35.5. The van der Waals surface area contributed by atoms with Crippen LogP contribution in [-0.2, 0) is 6.42 Å². The lowest BCUT2D eigenvalue weighted by Gasteiger charge is -2.55. The van der Waals surface area contributed by atoms with Crippen LogP contribution in [0.2, 0.25) is 0 Å². The van der Waals surface area contributed by atoms with Crippen molar-refractivity contribution in [2.45, 2.75) is 56.5 Å². The van der Waals surface area contributed by atoms with Crippen molar-refractivity contribution in [3.8, 4) is 17.2 Å². The molecule has 4 nitrogen and oxygen atoms in total. The number of nitriles is 1. The summed E-state index contributed by atoms with van der Waals surface area (Å²) in [5, 5.41) is 11.4. The molecular weight excluding hydrogens is 391 g/mol. The number of nitrogens with zero attached hydrogens (tertiary/aromatic N) is 3. The van der Waals surface area contributed by atoms with E-state index in [2.05, 4.69) is 39.7 Å². The molecule has 5 rings (SSSR count). The van der Waals surface area contributed by atoms with Gasteiger partial charge in [-0.2, -0.15) is 5.26 Å². The Morgan fingerprint density at radius 3 is 2.50 bits per heavy atom. The molecule has 1 atom stereocenters. The molecule has 1 saturated carbocycles. The number of hydrogen-bond donors (Lipinski definition) is 1. The average Bonchev–Trinajstić information content (AvgIpc) is 3.09. The van der Waals surface area contributed by atoms with E-state index < -0.39 is 0 Å². The van der Waals surface area contributed by atoms with Crippen LogP contribution in [-0.4, -0.2) is 22.1 Å². The van der Waals surface area contributed by atoms with Gasteiger partial charge in [-0.25, -0.2) is 15.4 Å². The van der Waals surface area contributed by atoms with Crippen LogP contribution >= 0.6 is 24.8 Å². The van der Waals surface area contributed by atoms with E-state index in [0.717, 1.165) is 12.0 Å². The molecule has 1 aliphatic heterocycles. The van der Waals surface area contributed by atoms with Crippen molar-refractivity contribution < 1.29 is 0 Å². The van der Waals surface area contributed by atoms with E-state index in [0.29, 0.717) is 17.3 Å². The summed E-state index contributed by atoms with van der Waals surface area (Å²) in [4.78, 5) is 4.20. The van der Waals surface area contributed by atoms with Crippen molar-refractivity contribution in [3.05, 3.63) is 53.3 Å². The largest absolute Gasteiger partial charge is 0.247 e. The van der Waals surface area contributed by atoms with E-state index >= 15 is 0 Å². The molecule has 1 aromatic heterocycles. The molecular formula is C22H26Cl2N4. The second-order valence-corrected chi connectivity index (χ2v) is 8.09. The summed E-state index contributed by atoms with van der Waals surface area (Å²) in [6.45, 7) is 1.21. The molecule has 0 amide bonds. The average molecular weight is 417 g/mol. The number of aryl methyl sites for hydroxylation is 1. The fraction of sp³-hybridized carbons (Fsp3) is 0.455. The normalized spacial score (nSPS) is 22.3. The molecule has 28 heavy (non-hydrogen) atoms. The number of benzene rings is 1. The van der Waals surface area contributed by atoms with Gasteiger partial charge in [-0.15, -0.1) is 24.8 Å². The molecule has 3 aliphatic rings. The van der Waals surface area contributed by atoms with E-state index in [1.807, 2.05) is 6.07 Å². The first kappa shape index (κ1) is 21.1. The van der Waals surface area contributed by atoms with Crippen molar-refractivity contribution >= 4 is 24.8 Å². The van der Waals surface area contributed by atoms with Gasteiger partial charge < -0.3 is 0 Å². The van der Waals surface area contributed by atoms with Crippen LogP contribution in [0.15, 0.2) is 36.5 Å². The maximum absolute atomic E-state index is 8.90. The Labute approximate surface area is 179 Å². The highest BCUT2D eigenvalue weighted by Gasteiger charge is 2.46. The van der Waals surface area contributed by atoms with E-state index in [1.54, 1.807) is 12.3 Å². The number of rotatable bonds is 2. The van der Waals surface area contributed by atoms with Crippen molar-refractivity contribution in [1.82, 2.24) is 15.4 Å². The van der Waals surface area contributed by atoms with E-state index in [4.69, 9.17) is 5.26 Å². The van der Waals surface area contributed by atoms with Crippen molar-refractivity contribution in [3.63, 3.8) is 0 Å². The second kappa shape index (κ2) is 8.39. The summed E-state index contributed by atoms with van der Waals surface area (Å²) in [5.41, 5.74) is 9.93. The molecule has 0 unspecified atom stereocenters. The second-order valence-electron chi connectivity index (χ2n) is 8.09. The summed E-state index contributed by atoms with van der Waals surface area (Å²) in [5.74, 6) is 0. The molecule has 2 aliphatic carbocycles. The molecule has 0 radical (unpaired) electrons. The lowest BCUT2D eigenvalue weighted by atomic mass is 9.79. The summed E-state index contributed by atoms with van der Waals surface area (Å²) < 4.78 is 0. The topological polar surface area (TPSA) is 52.0 Å². The predicted octanol–water partition coefficient (Wildman–Crippen LogP) is 4.97. The lowest BCUT2D eigenvalue weighted by molar-refractivity contribution is -0.0841.